The Kier molecular flexibility index (Phi) is 33.1. The van der Waals surface area contributed by atoms with Gasteiger partial charge in [0.2, 0.25) is 11.7 Å². The minimum Gasteiger partial charge on any atom is -0.153 e. The number of hydrogen-bond donors (Lipinski definition) is 0. The predicted molar refractivity (Wildman–Crippen MR) is 198 cm³/mol. The summed E-state index contributed by atoms with van der Waals surface area (Å²) in [6.45, 7) is -1.45. The number of ether oxygens (including phenoxy) is 6. The van der Waals surface area contributed by atoms with E-state index >= 15 is 0 Å². The SMILES string of the molecule is CC(C)(F)C(C)(F)OC(F)(F)C(F)(F)C(F)(F)OC(C)(F)C(C)(F)F.CC(F)(F)C1(F)OC(F)(F)C(F)(F)C1(F)C(C)(F)F.FC(F)=C(F)OC(F)(F)C(F)(F)C(F)(F)OC(F)=C(F)F.FC(F)=C(F)OC(F)(F)C(F)(F)C(F)=C(F)F.O=BPF.P.[V]. The molecule has 1 aliphatic rings. The number of hydrogen-bond acceptors (Lipinski definition) is 7. The van der Waals surface area contributed by atoms with Crippen molar-refractivity contribution in [2.24, 2.45) is 0 Å². The summed E-state index contributed by atoms with van der Waals surface area (Å²) < 4.78 is 571. The number of alkyl halides is 31. The molecule has 1 rings (SSSR count). The zero-order valence-electron chi connectivity index (χ0n) is 41.7. The zero-order chi connectivity index (χ0) is 71.3. The third kappa shape index (κ3) is 21.3. The average Bonchev–Trinajstić information content (AvgIpc) is 3.37. The Hall–Kier alpha value is -3.53. The quantitative estimate of drug-likeness (QED) is 0.0491. The zero-order valence-corrected chi connectivity index (χ0v) is 45.5. The molecule has 55 heteroatoms. The second kappa shape index (κ2) is 30.5. The molecule has 0 bridgehead atoms. The van der Waals surface area contributed by atoms with E-state index in [1.807, 2.05) is 9.47 Å². The molecule has 0 aromatic carbocycles. The molecule has 6 unspecified atom stereocenters. The summed E-state index contributed by atoms with van der Waals surface area (Å²) in [7, 11) is -1.04. The van der Waals surface area contributed by atoms with Crippen LogP contribution in [0.15, 0.2) is 48.2 Å². The Bertz CT molecular complexity index is 2300. The van der Waals surface area contributed by atoms with Crippen molar-refractivity contribution < 1.29 is 245 Å². The first-order chi connectivity index (χ1) is 36.9. The molecule has 7 nitrogen and oxygen atoms in total. The topological polar surface area (TPSA) is 72.5 Å². The standard InChI is InChI=1S/C12H15F11O2.C8H6F10O.C7F12O2.C6F10O.BFHOP.H3P.V/c1-6(2,13)8(4,16)24-11(20,21)10(18,19)12(22,23)25-9(5,17)7(3,14)15;1-3(9,10)5(13)6(14,15)8(17,18)19-7(5,16)4(2,11)12;8-1(9)3(12)20-6(16,17)5(14,15)7(18,19)21-4(13)2(10)11;7-1(2(8)9)5(13,14)6(15,16)17-4(12)3(10)11;2-4-1-3;;/h1-5H3;1-2H3;;;4H;1H3;. The fourth-order valence-electron chi connectivity index (χ4n) is 3.71. The van der Waals surface area contributed by atoms with Crippen LogP contribution >= 0.6 is 18.7 Å². The Balaban J connectivity index is -0.000000249. The number of halogens is 44. The molecular weight excluding hydrogens is 1470 g/mol. The van der Waals surface area contributed by atoms with Crippen LogP contribution in [0.2, 0.25) is 0 Å². The van der Waals surface area contributed by atoms with Gasteiger partial charge in [0.25, 0.3) is 11.8 Å². The van der Waals surface area contributed by atoms with Gasteiger partial charge >= 0.3 is 151 Å². The molecule has 0 N–H and O–H groups in total. The second-order valence-corrected chi connectivity index (χ2v) is 16.1. The molecule has 0 aromatic rings. The molecule has 1 fully saturated rings. The molecule has 525 valence electrons. The van der Waals surface area contributed by atoms with Crippen LogP contribution in [0.5, 0.6) is 0 Å². The van der Waals surface area contributed by atoms with Crippen LogP contribution in [0.1, 0.15) is 48.5 Å². The Morgan fingerprint density at radius 2 is 0.682 bits per heavy atom. The third-order valence-electron chi connectivity index (χ3n) is 8.58. The summed E-state index contributed by atoms with van der Waals surface area (Å²) in [5, 5.41) is 0. The number of rotatable bonds is 21. The van der Waals surface area contributed by atoms with Crippen molar-refractivity contribution in [3.8, 4) is 0 Å². The fraction of sp³-hybridized carbons (Fsp3) is 0.758. The van der Waals surface area contributed by atoms with Crippen LogP contribution < -0.4 is 0 Å². The summed E-state index contributed by atoms with van der Waals surface area (Å²) in [6, 6.07) is -10.7. The van der Waals surface area contributed by atoms with Crippen LogP contribution in [0.3, 0.4) is 0 Å². The van der Waals surface area contributed by atoms with Gasteiger partial charge in [-0.25, -0.2) is 48.3 Å². The maximum atomic E-state index is 13.7. The van der Waals surface area contributed by atoms with Gasteiger partial charge in [-0.05, 0) is 20.8 Å². The van der Waals surface area contributed by atoms with E-state index in [1.54, 1.807) is 0 Å². The van der Waals surface area contributed by atoms with E-state index in [9.17, 15) is 193 Å². The Labute approximate surface area is 474 Å². The first-order valence-corrected chi connectivity index (χ1v) is 20.0. The van der Waals surface area contributed by atoms with Gasteiger partial charge in [0, 0.05) is 46.3 Å². The maximum absolute atomic E-state index is 13.7. The van der Waals surface area contributed by atoms with Crippen LogP contribution in [0.4, 0.5) is 193 Å². The van der Waals surface area contributed by atoms with Gasteiger partial charge in [-0.3, -0.25) is 14.2 Å². The molecule has 0 spiro atoms. The van der Waals surface area contributed by atoms with Crippen LogP contribution in [0.25, 0.3) is 0 Å². The molecule has 88 heavy (non-hydrogen) atoms. The second-order valence-electron chi connectivity index (χ2n) is 15.6. The van der Waals surface area contributed by atoms with Crippen molar-refractivity contribution in [3.05, 3.63) is 48.2 Å². The van der Waals surface area contributed by atoms with E-state index < -0.39 is 185 Å². The molecule has 0 saturated carbocycles. The normalized spacial score (nSPS) is 19.8. The summed E-state index contributed by atoms with van der Waals surface area (Å²) >= 11 is 0. The van der Waals surface area contributed by atoms with Crippen molar-refractivity contribution in [2.75, 3.05) is 0 Å². The first-order valence-electron chi connectivity index (χ1n) is 19.0. The molecule has 0 amide bonds. The summed E-state index contributed by atoms with van der Waals surface area (Å²) in [5.41, 5.74) is -9.62. The van der Waals surface area contributed by atoms with E-state index in [1.165, 1.54) is 0 Å². The Morgan fingerprint density at radius 3 is 0.886 bits per heavy atom. The van der Waals surface area contributed by atoms with E-state index in [2.05, 4.69) is 18.9 Å². The monoisotopic (exact) mass is 1490 g/mol. The molecule has 6 atom stereocenters. The van der Waals surface area contributed by atoms with Crippen molar-refractivity contribution in [1.82, 2.24) is 0 Å². The van der Waals surface area contributed by atoms with Gasteiger partial charge in [0.05, 0.1) is 0 Å². The van der Waals surface area contributed by atoms with E-state index in [0.717, 1.165) is 0 Å². The molecule has 1 saturated heterocycles. The van der Waals surface area contributed by atoms with Gasteiger partial charge in [0.1, 0.15) is 0 Å². The van der Waals surface area contributed by atoms with Crippen molar-refractivity contribution in [2.45, 2.75) is 155 Å². The van der Waals surface area contributed by atoms with E-state index in [0.29, 0.717) is 0 Å². The minimum atomic E-state index is -7.00. The molecule has 0 aromatic heterocycles. The van der Waals surface area contributed by atoms with E-state index in [4.69, 9.17) is 4.70 Å². The smallest absolute Gasteiger partial charge is 0 e. The third-order valence-corrected chi connectivity index (χ3v) is 8.67. The largest absolute Gasteiger partial charge is 0.153 e. The predicted octanol–water partition coefficient (Wildman–Crippen LogP) is 19.4. The molecule has 0 aliphatic carbocycles. The molecular formula is C33H25BF44O7P2V. The van der Waals surface area contributed by atoms with Gasteiger partial charge in [-0.1, -0.05) is 0 Å². The van der Waals surface area contributed by atoms with Crippen molar-refractivity contribution in [1.29, 1.82) is 0 Å². The van der Waals surface area contributed by atoms with Gasteiger partial charge in [-0.15, -0.1) is 0 Å². The van der Waals surface area contributed by atoms with Crippen LogP contribution in [0, 0.1) is 0 Å². The Morgan fingerprint density at radius 1 is 0.420 bits per heavy atom. The van der Waals surface area contributed by atoms with Crippen LogP contribution in [-0.2, 0) is 51.7 Å². The maximum Gasteiger partial charge on any atom is 0 e. The summed E-state index contributed by atoms with van der Waals surface area (Å²) in [6.07, 6.45) is -53.7. The molecule has 1 radical (unpaired) electrons. The first kappa shape index (κ1) is 95.6. The van der Waals surface area contributed by atoms with Crippen LogP contribution in [-0.4, -0.2) is 114 Å². The fourth-order valence-corrected chi connectivity index (χ4v) is 3.71. The van der Waals surface area contributed by atoms with Gasteiger partial charge < -0.3 is 14.2 Å². The summed E-state index contributed by atoms with van der Waals surface area (Å²) in [4.78, 5) is 0. The minimum absolute atomic E-state index is 0. The molecule has 1 aliphatic heterocycles. The van der Waals surface area contributed by atoms with E-state index in [-0.39, 0.29) is 63.0 Å². The van der Waals surface area contributed by atoms with Gasteiger partial charge in [0.15, 0.2) is 5.67 Å². The average molecular weight is 1490 g/mol. The molecule has 1 heterocycles. The van der Waals surface area contributed by atoms with Crippen molar-refractivity contribution >= 4 is 25.5 Å². The van der Waals surface area contributed by atoms with Crippen molar-refractivity contribution in [3.63, 3.8) is 0 Å². The summed E-state index contributed by atoms with van der Waals surface area (Å²) in [5.74, 6) is -61.3. The van der Waals surface area contributed by atoms with Gasteiger partial charge in [-0.2, -0.15) is 150 Å².